The maximum atomic E-state index is 12.6. The molecule has 0 fully saturated rings. The molecule has 1 N–H and O–H groups in total. The van der Waals surface area contributed by atoms with E-state index in [-0.39, 0.29) is 18.4 Å². The lowest BCUT2D eigenvalue weighted by Gasteiger charge is -2.22. The van der Waals surface area contributed by atoms with Gasteiger partial charge in [0.05, 0.1) is 25.3 Å². The van der Waals surface area contributed by atoms with Crippen molar-refractivity contribution >= 4 is 17.2 Å². The van der Waals surface area contributed by atoms with Gasteiger partial charge in [-0.15, -0.1) is 11.3 Å². The lowest BCUT2D eigenvalue weighted by molar-refractivity contribution is -0.121. The first-order valence-electron chi connectivity index (χ1n) is 9.00. The van der Waals surface area contributed by atoms with Crippen LogP contribution in [0.5, 0.6) is 5.75 Å². The number of hydrogen-bond donors (Lipinski definition) is 1. The first-order valence-corrected chi connectivity index (χ1v) is 9.88. The molecule has 1 atom stereocenters. The SMILES string of the molecule is COc1ccc(-c2nc(CC(=O)NC(c3ccccc3)C(C)C)cs2)cc1. The highest BCUT2D eigenvalue weighted by Crippen LogP contribution is 2.26. The summed E-state index contributed by atoms with van der Waals surface area (Å²) in [5.41, 5.74) is 2.94. The van der Waals surface area contributed by atoms with Crippen molar-refractivity contribution in [1.29, 1.82) is 0 Å². The molecule has 1 aromatic heterocycles. The first-order chi connectivity index (χ1) is 13.1. The summed E-state index contributed by atoms with van der Waals surface area (Å²) < 4.78 is 5.19. The van der Waals surface area contributed by atoms with Crippen LogP contribution in [0.25, 0.3) is 10.6 Å². The van der Waals surface area contributed by atoms with Crippen LogP contribution in [-0.2, 0) is 11.2 Å². The summed E-state index contributed by atoms with van der Waals surface area (Å²) in [4.78, 5) is 17.2. The Morgan fingerprint density at radius 3 is 2.44 bits per heavy atom. The molecular formula is C22H24N2O2S. The smallest absolute Gasteiger partial charge is 0.226 e. The lowest BCUT2D eigenvalue weighted by Crippen LogP contribution is -2.32. The quantitative estimate of drug-likeness (QED) is 0.636. The predicted molar refractivity (Wildman–Crippen MR) is 110 cm³/mol. The van der Waals surface area contributed by atoms with Crippen molar-refractivity contribution < 1.29 is 9.53 Å². The van der Waals surface area contributed by atoms with Gasteiger partial charge in [-0.25, -0.2) is 4.98 Å². The zero-order chi connectivity index (χ0) is 19.2. The van der Waals surface area contributed by atoms with Gasteiger partial charge in [0.25, 0.3) is 0 Å². The van der Waals surface area contributed by atoms with Gasteiger partial charge in [0.1, 0.15) is 10.8 Å². The molecule has 0 saturated carbocycles. The fourth-order valence-electron chi connectivity index (χ4n) is 2.94. The van der Waals surface area contributed by atoms with Crippen molar-refractivity contribution in [3.05, 3.63) is 71.2 Å². The molecule has 0 aliphatic heterocycles. The Kier molecular flexibility index (Phi) is 6.24. The van der Waals surface area contributed by atoms with Crippen LogP contribution in [0.2, 0.25) is 0 Å². The maximum Gasteiger partial charge on any atom is 0.226 e. The summed E-state index contributed by atoms with van der Waals surface area (Å²) in [5, 5.41) is 6.01. The van der Waals surface area contributed by atoms with E-state index in [2.05, 4.69) is 36.3 Å². The summed E-state index contributed by atoms with van der Waals surface area (Å²) in [7, 11) is 1.65. The standard InChI is InChI=1S/C22H24N2O2S/c1-15(2)21(16-7-5-4-6-8-16)24-20(25)13-18-14-27-22(23-18)17-9-11-19(26-3)12-10-17/h4-12,14-15,21H,13H2,1-3H3,(H,24,25). The van der Waals surface area contributed by atoms with E-state index in [0.29, 0.717) is 5.92 Å². The van der Waals surface area contributed by atoms with Crippen molar-refractivity contribution in [2.45, 2.75) is 26.3 Å². The van der Waals surface area contributed by atoms with Gasteiger partial charge < -0.3 is 10.1 Å². The highest BCUT2D eigenvalue weighted by atomic mass is 32.1. The predicted octanol–water partition coefficient (Wildman–Crippen LogP) is 4.87. The van der Waals surface area contributed by atoms with Gasteiger partial charge >= 0.3 is 0 Å². The summed E-state index contributed by atoms with van der Waals surface area (Å²) in [6, 6.07) is 17.9. The second kappa shape index (κ2) is 8.82. The molecule has 2 aromatic carbocycles. The third-order valence-corrected chi connectivity index (χ3v) is 5.31. The number of benzene rings is 2. The van der Waals surface area contributed by atoms with E-state index in [4.69, 9.17) is 4.74 Å². The molecule has 27 heavy (non-hydrogen) atoms. The molecule has 0 aliphatic rings. The van der Waals surface area contributed by atoms with Gasteiger partial charge in [-0.2, -0.15) is 0 Å². The Bertz CT molecular complexity index is 873. The molecule has 1 unspecified atom stereocenters. The van der Waals surface area contributed by atoms with E-state index in [9.17, 15) is 4.79 Å². The summed E-state index contributed by atoms with van der Waals surface area (Å²) in [5.74, 6) is 1.11. The van der Waals surface area contributed by atoms with Crippen LogP contribution in [0.4, 0.5) is 0 Å². The monoisotopic (exact) mass is 380 g/mol. The number of carbonyl (C=O) groups excluding carboxylic acids is 1. The Balaban J connectivity index is 1.66. The van der Waals surface area contributed by atoms with Crippen LogP contribution >= 0.6 is 11.3 Å². The van der Waals surface area contributed by atoms with Crippen molar-refractivity contribution in [3.63, 3.8) is 0 Å². The van der Waals surface area contributed by atoms with Crippen LogP contribution < -0.4 is 10.1 Å². The molecule has 140 valence electrons. The van der Waals surface area contributed by atoms with Crippen molar-refractivity contribution in [1.82, 2.24) is 10.3 Å². The molecule has 1 amide bonds. The Morgan fingerprint density at radius 2 is 1.81 bits per heavy atom. The molecular weight excluding hydrogens is 356 g/mol. The molecule has 0 radical (unpaired) electrons. The molecule has 0 saturated heterocycles. The second-order valence-corrected chi connectivity index (χ2v) is 7.61. The van der Waals surface area contributed by atoms with Crippen LogP contribution in [0.1, 0.15) is 31.1 Å². The Morgan fingerprint density at radius 1 is 1.11 bits per heavy atom. The number of nitrogens with zero attached hydrogens (tertiary/aromatic N) is 1. The molecule has 3 rings (SSSR count). The summed E-state index contributed by atoms with van der Waals surface area (Å²) in [6.07, 6.45) is 0.280. The third kappa shape index (κ3) is 4.95. The Hall–Kier alpha value is -2.66. The Labute approximate surface area is 164 Å². The molecule has 0 aliphatic carbocycles. The van der Waals surface area contributed by atoms with E-state index >= 15 is 0 Å². The average molecular weight is 381 g/mol. The minimum absolute atomic E-state index is 0.00149. The van der Waals surface area contributed by atoms with E-state index < -0.39 is 0 Å². The number of carbonyl (C=O) groups is 1. The zero-order valence-electron chi connectivity index (χ0n) is 15.8. The fourth-order valence-corrected chi connectivity index (χ4v) is 3.76. The van der Waals surface area contributed by atoms with E-state index in [1.54, 1.807) is 18.4 Å². The minimum Gasteiger partial charge on any atom is -0.497 e. The van der Waals surface area contributed by atoms with Crippen LogP contribution in [-0.4, -0.2) is 18.0 Å². The highest BCUT2D eigenvalue weighted by Gasteiger charge is 2.19. The maximum absolute atomic E-state index is 12.6. The number of ether oxygens (including phenoxy) is 1. The number of nitrogens with one attached hydrogen (secondary N) is 1. The molecule has 5 heteroatoms. The average Bonchev–Trinajstić information content (AvgIpc) is 3.15. The van der Waals surface area contributed by atoms with Crippen molar-refractivity contribution in [2.75, 3.05) is 7.11 Å². The van der Waals surface area contributed by atoms with Gasteiger partial charge in [0.2, 0.25) is 5.91 Å². The number of aromatic nitrogens is 1. The zero-order valence-corrected chi connectivity index (χ0v) is 16.6. The fraction of sp³-hybridized carbons (Fsp3) is 0.273. The second-order valence-electron chi connectivity index (χ2n) is 6.75. The van der Waals surface area contributed by atoms with Crippen molar-refractivity contribution in [3.8, 4) is 16.3 Å². The molecule has 0 bridgehead atoms. The van der Waals surface area contributed by atoms with Gasteiger partial charge in [0.15, 0.2) is 0 Å². The van der Waals surface area contributed by atoms with Crippen molar-refractivity contribution in [2.24, 2.45) is 5.92 Å². The van der Waals surface area contributed by atoms with Gasteiger partial charge in [-0.1, -0.05) is 44.2 Å². The summed E-state index contributed by atoms with van der Waals surface area (Å²) in [6.45, 7) is 4.23. The third-order valence-electron chi connectivity index (χ3n) is 4.37. The van der Waals surface area contributed by atoms with Gasteiger partial charge in [0, 0.05) is 10.9 Å². The largest absolute Gasteiger partial charge is 0.497 e. The lowest BCUT2D eigenvalue weighted by atomic mass is 9.96. The normalized spacial score (nSPS) is 12.0. The number of amides is 1. The van der Waals surface area contributed by atoms with E-state index in [0.717, 1.165) is 27.6 Å². The molecule has 4 nitrogen and oxygen atoms in total. The van der Waals surface area contributed by atoms with Crippen LogP contribution in [0.3, 0.4) is 0 Å². The van der Waals surface area contributed by atoms with Gasteiger partial charge in [-0.05, 0) is 35.7 Å². The first kappa shape index (κ1) is 19.1. The molecule has 3 aromatic rings. The molecule has 0 spiro atoms. The van der Waals surface area contributed by atoms with E-state index in [1.807, 2.05) is 47.8 Å². The van der Waals surface area contributed by atoms with Crippen LogP contribution in [0.15, 0.2) is 60.0 Å². The van der Waals surface area contributed by atoms with Gasteiger partial charge in [-0.3, -0.25) is 4.79 Å². The number of thiazole rings is 1. The van der Waals surface area contributed by atoms with Crippen LogP contribution in [0, 0.1) is 5.92 Å². The van der Waals surface area contributed by atoms with E-state index in [1.165, 1.54) is 0 Å². The number of rotatable bonds is 7. The number of hydrogen-bond acceptors (Lipinski definition) is 4. The minimum atomic E-state index is -0.0101. The summed E-state index contributed by atoms with van der Waals surface area (Å²) >= 11 is 1.55. The molecule has 1 heterocycles. The topological polar surface area (TPSA) is 51.2 Å². The highest BCUT2D eigenvalue weighted by molar-refractivity contribution is 7.13. The number of methoxy groups -OCH3 is 1.